The molecule has 13 heavy (non-hydrogen) atoms. The minimum Gasteiger partial charge on any atom is -0.356 e. The van der Waals surface area contributed by atoms with Crippen molar-refractivity contribution in [2.75, 3.05) is 13.1 Å². The summed E-state index contributed by atoms with van der Waals surface area (Å²) in [6.07, 6.45) is 8.80. The molecule has 0 saturated heterocycles. The quantitative estimate of drug-likeness (QED) is 0.645. The molecule has 0 aromatic carbocycles. The van der Waals surface area contributed by atoms with E-state index in [1.54, 1.807) is 0 Å². The van der Waals surface area contributed by atoms with Gasteiger partial charge < -0.3 is 9.80 Å². The lowest BCUT2D eigenvalue weighted by Gasteiger charge is -2.31. The molecule has 0 atom stereocenters. The summed E-state index contributed by atoms with van der Waals surface area (Å²) in [4.78, 5) is 4.91. The summed E-state index contributed by atoms with van der Waals surface area (Å²) in [6.45, 7) is 9.12. The third-order valence-corrected chi connectivity index (χ3v) is 2.54. The molecule has 0 aromatic rings. The van der Waals surface area contributed by atoms with Gasteiger partial charge in [0.2, 0.25) is 0 Å². The second kappa shape index (κ2) is 5.15. The van der Waals surface area contributed by atoms with Crippen LogP contribution in [0.1, 0.15) is 40.0 Å². The molecule has 76 valence electrons. The van der Waals surface area contributed by atoms with Gasteiger partial charge in [-0.05, 0) is 19.3 Å². The Balaban J connectivity index is 2.47. The van der Waals surface area contributed by atoms with E-state index in [-0.39, 0.29) is 0 Å². The summed E-state index contributed by atoms with van der Waals surface area (Å²) in [5.41, 5.74) is 0. The third-order valence-electron chi connectivity index (χ3n) is 2.54. The fourth-order valence-corrected chi connectivity index (χ4v) is 1.99. The normalized spacial score (nSPS) is 17.5. The first-order valence-corrected chi connectivity index (χ1v) is 5.53. The van der Waals surface area contributed by atoms with E-state index in [2.05, 4.69) is 43.0 Å². The molecule has 0 aliphatic carbocycles. The van der Waals surface area contributed by atoms with E-state index in [0.717, 1.165) is 0 Å². The largest absolute Gasteiger partial charge is 0.356 e. The SMILES string of the molecule is CCCN1C=CN(CCC)C1CC. The van der Waals surface area contributed by atoms with E-state index in [4.69, 9.17) is 0 Å². The average Bonchev–Trinajstić information content (AvgIpc) is 2.49. The van der Waals surface area contributed by atoms with Crippen LogP contribution in [0.15, 0.2) is 12.4 Å². The van der Waals surface area contributed by atoms with Crippen molar-refractivity contribution in [3.63, 3.8) is 0 Å². The molecular formula is C11H22N2. The standard InChI is InChI=1S/C11H22N2/c1-4-7-12-9-10-13(8-5-2)11(12)6-3/h9-11H,4-8H2,1-3H3. The van der Waals surface area contributed by atoms with Crippen LogP contribution >= 0.6 is 0 Å². The third kappa shape index (κ3) is 2.39. The Hall–Kier alpha value is -0.660. The van der Waals surface area contributed by atoms with Gasteiger partial charge in [0.1, 0.15) is 6.17 Å². The first-order valence-electron chi connectivity index (χ1n) is 5.53. The zero-order valence-corrected chi connectivity index (χ0v) is 9.16. The molecule has 0 fully saturated rings. The van der Waals surface area contributed by atoms with E-state index in [9.17, 15) is 0 Å². The van der Waals surface area contributed by atoms with Crippen LogP contribution in [-0.2, 0) is 0 Å². The summed E-state index contributed by atoms with van der Waals surface area (Å²) in [7, 11) is 0. The maximum Gasteiger partial charge on any atom is 0.100 e. The topological polar surface area (TPSA) is 6.48 Å². The summed E-state index contributed by atoms with van der Waals surface area (Å²) >= 11 is 0. The molecule has 0 aromatic heterocycles. The maximum atomic E-state index is 2.45. The van der Waals surface area contributed by atoms with Gasteiger partial charge in [0.05, 0.1) is 0 Å². The van der Waals surface area contributed by atoms with Crippen molar-refractivity contribution in [2.24, 2.45) is 0 Å². The van der Waals surface area contributed by atoms with Gasteiger partial charge in [-0.1, -0.05) is 20.8 Å². The molecule has 2 heteroatoms. The highest BCUT2D eigenvalue weighted by atomic mass is 15.4. The average molecular weight is 182 g/mol. The molecule has 0 radical (unpaired) electrons. The van der Waals surface area contributed by atoms with Crippen LogP contribution in [0.25, 0.3) is 0 Å². The van der Waals surface area contributed by atoms with Gasteiger partial charge >= 0.3 is 0 Å². The molecule has 1 aliphatic heterocycles. The minimum atomic E-state index is 0.625. The van der Waals surface area contributed by atoms with Crippen LogP contribution in [-0.4, -0.2) is 29.1 Å². The highest BCUT2D eigenvalue weighted by molar-refractivity contribution is 4.96. The van der Waals surface area contributed by atoms with E-state index in [1.807, 2.05) is 0 Å². The smallest absolute Gasteiger partial charge is 0.100 e. The zero-order valence-electron chi connectivity index (χ0n) is 9.16. The zero-order chi connectivity index (χ0) is 9.68. The second-order valence-corrected chi connectivity index (χ2v) is 3.66. The minimum absolute atomic E-state index is 0.625. The van der Waals surface area contributed by atoms with Crippen molar-refractivity contribution < 1.29 is 0 Å². The Morgan fingerprint density at radius 3 is 1.69 bits per heavy atom. The van der Waals surface area contributed by atoms with Crippen molar-refractivity contribution in [2.45, 2.75) is 46.2 Å². The Labute approximate surface area is 82.2 Å². The lowest BCUT2D eigenvalue weighted by molar-refractivity contribution is 0.148. The summed E-state index contributed by atoms with van der Waals surface area (Å²) in [5.74, 6) is 0. The van der Waals surface area contributed by atoms with Crippen molar-refractivity contribution in [3.8, 4) is 0 Å². The summed E-state index contributed by atoms with van der Waals surface area (Å²) in [6, 6.07) is 0. The van der Waals surface area contributed by atoms with Gasteiger partial charge in [-0.3, -0.25) is 0 Å². The van der Waals surface area contributed by atoms with E-state index >= 15 is 0 Å². The number of rotatable bonds is 5. The molecule has 0 bridgehead atoms. The molecule has 0 saturated carbocycles. The van der Waals surface area contributed by atoms with E-state index in [0.29, 0.717) is 6.17 Å². The van der Waals surface area contributed by atoms with Crippen LogP contribution in [0.3, 0.4) is 0 Å². The first kappa shape index (κ1) is 10.4. The monoisotopic (exact) mass is 182 g/mol. The summed E-state index contributed by atoms with van der Waals surface area (Å²) < 4.78 is 0. The molecule has 1 heterocycles. The molecule has 0 spiro atoms. The Bertz CT molecular complexity index is 149. The fraction of sp³-hybridized carbons (Fsp3) is 0.818. The van der Waals surface area contributed by atoms with Crippen molar-refractivity contribution in [1.29, 1.82) is 0 Å². The van der Waals surface area contributed by atoms with Crippen molar-refractivity contribution in [3.05, 3.63) is 12.4 Å². The predicted molar refractivity (Wildman–Crippen MR) is 57.2 cm³/mol. The van der Waals surface area contributed by atoms with Crippen molar-refractivity contribution >= 4 is 0 Å². The fourth-order valence-electron chi connectivity index (χ4n) is 1.99. The van der Waals surface area contributed by atoms with Crippen LogP contribution < -0.4 is 0 Å². The first-order chi connectivity index (χ1) is 6.33. The van der Waals surface area contributed by atoms with Gasteiger partial charge in [-0.2, -0.15) is 0 Å². The molecular weight excluding hydrogens is 160 g/mol. The Morgan fingerprint density at radius 2 is 1.38 bits per heavy atom. The van der Waals surface area contributed by atoms with E-state index < -0.39 is 0 Å². The number of hydrogen-bond donors (Lipinski definition) is 0. The molecule has 2 nitrogen and oxygen atoms in total. The van der Waals surface area contributed by atoms with Gasteiger partial charge in [-0.15, -0.1) is 0 Å². The lowest BCUT2D eigenvalue weighted by atomic mass is 10.3. The molecule has 0 unspecified atom stereocenters. The number of hydrogen-bond acceptors (Lipinski definition) is 2. The van der Waals surface area contributed by atoms with E-state index in [1.165, 1.54) is 32.4 Å². The van der Waals surface area contributed by atoms with Crippen molar-refractivity contribution in [1.82, 2.24) is 9.80 Å². The van der Waals surface area contributed by atoms with Crippen LogP contribution in [0.4, 0.5) is 0 Å². The van der Waals surface area contributed by atoms with Gasteiger partial charge in [0, 0.05) is 25.5 Å². The summed E-state index contributed by atoms with van der Waals surface area (Å²) in [5, 5.41) is 0. The molecule has 0 N–H and O–H groups in total. The van der Waals surface area contributed by atoms with Crippen LogP contribution in [0.5, 0.6) is 0 Å². The van der Waals surface area contributed by atoms with Gasteiger partial charge in [0.25, 0.3) is 0 Å². The Morgan fingerprint density at radius 1 is 0.923 bits per heavy atom. The van der Waals surface area contributed by atoms with Crippen LogP contribution in [0, 0.1) is 0 Å². The highest BCUT2D eigenvalue weighted by Crippen LogP contribution is 2.18. The highest BCUT2D eigenvalue weighted by Gasteiger charge is 2.22. The second-order valence-electron chi connectivity index (χ2n) is 3.66. The maximum absolute atomic E-state index is 2.45. The Kier molecular flexibility index (Phi) is 4.13. The number of nitrogens with zero attached hydrogens (tertiary/aromatic N) is 2. The van der Waals surface area contributed by atoms with Gasteiger partial charge in [-0.25, -0.2) is 0 Å². The molecule has 1 aliphatic rings. The van der Waals surface area contributed by atoms with Gasteiger partial charge in [0.15, 0.2) is 0 Å². The predicted octanol–water partition coefficient (Wildman–Crippen LogP) is 2.63. The van der Waals surface area contributed by atoms with Crippen LogP contribution in [0.2, 0.25) is 0 Å². The lowest BCUT2D eigenvalue weighted by Crippen LogP contribution is -2.38. The molecule has 1 rings (SSSR count). The molecule has 0 amide bonds.